The Bertz CT molecular complexity index is 346. The predicted molar refractivity (Wildman–Crippen MR) is 72.7 cm³/mol. The van der Waals surface area contributed by atoms with Crippen LogP contribution in [0.25, 0.3) is 0 Å². The van der Waals surface area contributed by atoms with Gasteiger partial charge in [0.15, 0.2) is 0 Å². The molecule has 0 saturated carbocycles. The minimum Gasteiger partial charge on any atom is -0.496 e. The molecule has 17 heavy (non-hydrogen) atoms. The van der Waals surface area contributed by atoms with Crippen LogP contribution >= 0.6 is 12.4 Å². The molecule has 1 aliphatic rings. The van der Waals surface area contributed by atoms with Gasteiger partial charge in [0.25, 0.3) is 0 Å². The van der Waals surface area contributed by atoms with Gasteiger partial charge in [-0.3, -0.25) is 4.90 Å². The first-order valence-corrected chi connectivity index (χ1v) is 5.87. The highest BCUT2D eigenvalue weighted by Gasteiger charge is 2.21. The maximum Gasteiger partial charge on any atom is 0.123 e. The lowest BCUT2D eigenvalue weighted by Crippen LogP contribution is -2.23. The summed E-state index contributed by atoms with van der Waals surface area (Å²) < 4.78 is 5.36. The number of rotatable bonds is 4. The summed E-state index contributed by atoms with van der Waals surface area (Å²) >= 11 is 0. The number of hydrogen-bond acceptors (Lipinski definition) is 3. The van der Waals surface area contributed by atoms with Crippen molar-refractivity contribution in [3.05, 3.63) is 29.8 Å². The Kier molecular flexibility index (Phi) is 5.75. The van der Waals surface area contributed by atoms with Gasteiger partial charge in [-0.2, -0.15) is 0 Å². The van der Waals surface area contributed by atoms with Gasteiger partial charge < -0.3 is 10.5 Å². The third kappa shape index (κ3) is 3.60. The third-order valence-corrected chi connectivity index (χ3v) is 3.29. The maximum absolute atomic E-state index is 5.69. The summed E-state index contributed by atoms with van der Waals surface area (Å²) in [6, 6.07) is 8.23. The van der Waals surface area contributed by atoms with E-state index in [2.05, 4.69) is 17.0 Å². The van der Waals surface area contributed by atoms with Gasteiger partial charge in [0.2, 0.25) is 0 Å². The lowest BCUT2D eigenvalue weighted by Gasteiger charge is -2.17. The van der Waals surface area contributed by atoms with Gasteiger partial charge in [0.05, 0.1) is 7.11 Å². The van der Waals surface area contributed by atoms with Crippen LogP contribution in [-0.4, -0.2) is 31.6 Å². The molecule has 1 atom stereocenters. The molecule has 0 bridgehead atoms. The molecule has 3 nitrogen and oxygen atoms in total. The second-order valence-electron chi connectivity index (χ2n) is 4.44. The molecule has 2 rings (SSSR count). The van der Waals surface area contributed by atoms with E-state index in [1.54, 1.807) is 7.11 Å². The fourth-order valence-corrected chi connectivity index (χ4v) is 2.32. The second kappa shape index (κ2) is 6.84. The molecular formula is C13H21ClN2O. The van der Waals surface area contributed by atoms with Crippen molar-refractivity contribution in [3.63, 3.8) is 0 Å². The SMILES string of the molecule is COc1ccccc1CN1CCC(CN)C1.Cl. The Morgan fingerprint density at radius 2 is 2.18 bits per heavy atom. The molecule has 0 aromatic heterocycles. The van der Waals surface area contributed by atoms with E-state index in [0.717, 1.165) is 31.9 Å². The van der Waals surface area contributed by atoms with Gasteiger partial charge in [-0.1, -0.05) is 18.2 Å². The van der Waals surface area contributed by atoms with E-state index < -0.39 is 0 Å². The number of para-hydroxylation sites is 1. The molecule has 1 unspecified atom stereocenters. The molecule has 4 heteroatoms. The number of nitrogens with zero attached hydrogens (tertiary/aromatic N) is 1. The zero-order valence-corrected chi connectivity index (χ0v) is 11.1. The Morgan fingerprint density at radius 3 is 2.82 bits per heavy atom. The van der Waals surface area contributed by atoms with Crippen LogP contribution in [0, 0.1) is 5.92 Å². The van der Waals surface area contributed by atoms with Crippen molar-refractivity contribution in [2.45, 2.75) is 13.0 Å². The monoisotopic (exact) mass is 256 g/mol. The maximum atomic E-state index is 5.69. The van der Waals surface area contributed by atoms with E-state index in [1.807, 2.05) is 12.1 Å². The largest absolute Gasteiger partial charge is 0.496 e. The summed E-state index contributed by atoms with van der Waals surface area (Å²) in [7, 11) is 1.73. The smallest absolute Gasteiger partial charge is 0.123 e. The van der Waals surface area contributed by atoms with Crippen LogP contribution < -0.4 is 10.5 Å². The molecule has 1 heterocycles. The number of nitrogens with two attached hydrogens (primary N) is 1. The highest BCUT2D eigenvalue weighted by Crippen LogP contribution is 2.23. The topological polar surface area (TPSA) is 38.5 Å². The number of ether oxygens (including phenoxy) is 1. The molecule has 96 valence electrons. The van der Waals surface area contributed by atoms with Crippen LogP contribution in [0.4, 0.5) is 0 Å². The quantitative estimate of drug-likeness (QED) is 0.894. The minimum absolute atomic E-state index is 0. The van der Waals surface area contributed by atoms with Crippen LogP contribution in [-0.2, 0) is 6.54 Å². The molecule has 0 amide bonds. The van der Waals surface area contributed by atoms with Crippen LogP contribution in [0.5, 0.6) is 5.75 Å². The van der Waals surface area contributed by atoms with Crippen LogP contribution in [0.15, 0.2) is 24.3 Å². The summed E-state index contributed by atoms with van der Waals surface area (Å²) in [6.45, 7) is 4.05. The first-order chi connectivity index (χ1) is 7.83. The van der Waals surface area contributed by atoms with E-state index >= 15 is 0 Å². The molecule has 2 N–H and O–H groups in total. The van der Waals surface area contributed by atoms with Crippen molar-refractivity contribution in [1.82, 2.24) is 4.90 Å². The predicted octanol–water partition coefficient (Wildman–Crippen LogP) is 1.90. The standard InChI is InChI=1S/C13H20N2O.ClH/c1-16-13-5-3-2-4-12(13)10-15-7-6-11(8-14)9-15;/h2-5,11H,6-10,14H2,1H3;1H. The first-order valence-electron chi connectivity index (χ1n) is 5.87. The molecule has 1 saturated heterocycles. The van der Waals surface area contributed by atoms with E-state index in [4.69, 9.17) is 10.5 Å². The Hall–Kier alpha value is -0.770. The molecule has 1 aromatic rings. The normalized spacial score (nSPS) is 20.0. The average molecular weight is 257 g/mol. The highest BCUT2D eigenvalue weighted by atomic mass is 35.5. The number of likely N-dealkylation sites (tertiary alicyclic amines) is 1. The van der Waals surface area contributed by atoms with E-state index in [1.165, 1.54) is 12.0 Å². The van der Waals surface area contributed by atoms with E-state index in [-0.39, 0.29) is 12.4 Å². The number of benzene rings is 1. The Morgan fingerprint density at radius 1 is 1.41 bits per heavy atom. The summed E-state index contributed by atoms with van der Waals surface area (Å²) in [4.78, 5) is 2.45. The van der Waals surface area contributed by atoms with Gasteiger partial charge in [-0.15, -0.1) is 12.4 Å². The number of methoxy groups -OCH3 is 1. The van der Waals surface area contributed by atoms with Gasteiger partial charge in [0.1, 0.15) is 5.75 Å². The first kappa shape index (κ1) is 14.3. The van der Waals surface area contributed by atoms with Crippen molar-refractivity contribution in [3.8, 4) is 5.75 Å². The van der Waals surface area contributed by atoms with Crippen molar-refractivity contribution >= 4 is 12.4 Å². The summed E-state index contributed by atoms with van der Waals surface area (Å²) in [5.41, 5.74) is 6.96. The van der Waals surface area contributed by atoms with Crippen molar-refractivity contribution in [1.29, 1.82) is 0 Å². The van der Waals surface area contributed by atoms with Crippen molar-refractivity contribution < 1.29 is 4.74 Å². The average Bonchev–Trinajstić information content (AvgIpc) is 2.77. The van der Waals surface area contributed by atoms with Gasteiger partial charge >= 0.3 is 0 Å². The zero-order valence-electron chi connectivity index (χ0n) is 10.3. The highest BCUT2D eigenvalue weighted by molar-refractivity contribution is 5.85. The van der Waals surface area contributed by atoms with Gasteiger partial charge in [-0.25, -0.2) is 0 Å². The van der Waals surface area contributed by atoms with E-state index in [0.29, 0.717) is 5.92 Å². The third-order valence-electron chi connectivity index (χ3n) is 3.29. The number of halogens is 1. The van der Waals surface area contributed by atoms with Crippen molar-refractivity contribution in [2.75, 3.05) is 26.7 Å². The molecular weight excluding hydrogens is 236 g/mol. The fourth-order valence-electron chi connectivity index (χ4n) is 2.32. The van der Waals surface area contributed by atoms with Gasteiger partial charge in [-0.05, 0) is 31.5 Å². The van der Waals surface area contributed by atoms with Crippen LogP contribution in [0.3, 0.4) is 0 Å². The Labute approximate surface area is 109 Å². The lowest BCUT2D eigenvalue weighted by molar-refractivity contribution is 0.309. The number of hydrogen-bond donors (Lipinski definition) is 1. The minimum atomic E-state index is 0. The van der Waals surface area contributed by atoms with Crippen molar-refractivity contribution in [2.24, 2.45) is 11.7 Å². The van der Waals surface area contributed by atoms with Crippen LogP contribution in [0.1, 0.15) is 12.0 Å². The summed E-state index contributed by atoms with van der Waals surface area (Å²) in [5, 5.41) is 0. The Balaban J connectivity index is 0.00000144. The summed E-state index contributed by atoms with van der Waals surface area (Å²) in [6.07, 6.45) is 1.23. The van der Waals surface area contributed by atoms with Crippen LogP contribution in [0.2, 0.25) is 0 Å². The molecule has 0 spiro atoms. The molecule has 0 aliphatic carbocycles. The second-order valence-corrected chi connectivity index (χ2v) is 4.44. The molecule has 1 aliphatic heterocycles. The summed E-state index contributed by atoms with van der Waals surface area (Å²) in [5.74, 6) is 1.66. The fraction of sp³-hybridized carbons (Fsp3) is 0.538. The van der Waals surface area contributed by atoms with E-state index in [9.17, 15) is 0 Å². The van der Waals surface area contributed by atoms with Gasteiger partial charge in [0, 0.05) is 18.7 Å². The lowest BCUT2D eigenvalue weighted by atomic mass is 10.1. The molecule has 1 fully saturated rings. The molecule has 0 radical (unpaired) electrons. The zero-order chi connectivity index (χ0) is 11.4. The molecule has 1 aromatic carbocycles.